The van der Waals surface area contributed by atoms with Gasteiger partial charge in [-0.15, -0.1) is 0 Å². The summed E-state index contributed by atoms with van der Waals surface area (Å²) in [5.41, 5.74) is 8.90. The Bertz CT molecular complexity index is 611. The van der Waals surface area contributed by atoms with E-state index in [1.807, 2.05) is 37.3 Å². The number of anilines is 2. The molecule has 2 aromatic carbocycles. The Hall–Kier alpha value is -2.00. The number of nitrogen functional groups attached to an aromatic ring is 1. The molecule has 3 nitrogen and oxygen atoms in total. The Balaban J connectivity index is 2.08. The second-order valence-corrected chi connectivity index (χ2v) is 4.81. The summed E-state index contributed by atoms with van der Waals surface area (Å²) in [6.45, 7) is 1.95. The number of rotatable bonds is 3. The van der Waals surface area contributed by atoms with Crippen LogP contribution in [-0.4, -0.2) is 5.91 Å². The number of halogens is 1. The van der Waals surface area contributed by atoms with Crippen LogP contribution in [0, 0.1) is 6.92 Å². The van der Waals surface area contributed by atoms with Gasteiger partial charge in [0.25, 0.3) is 0 Å². The van der Waals surface area contributed by atoms with Gasteiger partial charge in [-0.3, -0.25) is 4.79 Å². The lowest BCUT2D eigenvalue weighted by Gasteiger charge is -2.09. The van der Waals surface area contributed by atoms with Crippen molar-refractivity contribution in [3.05, 3.63) is 58.6 Å². The maximum atomic E-state index is 11.9. The highest BCUT2D eigenvalue weighted by molar-refractivity contribution is 6.31. The minimum absolute atomic E-state index is 0.136. The van der Waals surface area contributed by atoms with Gasteiger partial charge in [-0.25, -0.2) is 0 Å². The molecule has 0 aliphatic heterocycles. The third-order valence-electron chi connectivity index (χ3n) is 2.79. The normalized spacial score (nSPS) is 10.2. The van der Waals surface area contributed by atoms with Gasteiger partial charge in [0.15, 0.2) is 0 Å². The van der Waals surface area contributed by atoms with E-state index in [1.54, 1.807) is 12.1 Å². The molecule has 0 radical (unpaired) electrons. The molecule has 98 valence electrons. The molecular weight excluding hydrogens is 260 g/mol. The highest BCUT2D eigenvalue weighted by Gasteiger charge is 2.08. The van der Waals surface area contributed by atoms with Crippen LogP contribution in [0.4, 0.5) is 11.4 Å². The minimum Gasteiger partial charge on any atom is -0.397 e. The van der Waals surface area contributed by atoms with E-state index in [0.29, 0.717) is 16.4 Å². The SMILES string of the molecule is Cc1ccc(NC(=O)Cc2ccccc2Cl)c(N)c1. The van der Waals surface area contributed by atoms with Crippen molar-refractivity contribution in [2.45, 2.75) is 13.3 Å². The van der Waals surface area contributed by atoms with Gasteiger partial charge in [0.2, 0.25) is 5.91 Å². The lowest BCUT2D eigenvalue weighted by molar-refractivity contribution is -0.115. The van der Waals surface area contributed by atoms with Gasteiger partial charge in [0.1, 0.15) is 0 Å². The molecule has 3 N–H and O–H groups in total. The smallest absolute Gasteiger partial charge is 0.228 e. The van der Waals surface area contributed by atoms with Gasteiger partial charge in [-0.1, -0.05) is 35.9 Å². The number of hydrogen-bond acceptors (Lipinski definition) is 2. The van der Waals surface area contributed by atoms with Gasteiger partial charge in [0.05, 0.1) is 17.8 Å². The van der Waals surface area contributed by atoms with Crippen molar-refractivity contribution in [3.63, 3.8) is 0 Å². The summed E-state index contributed by atoms with van der Waals surface area (Å²) in [7, 11) is 0. The molecule has 0 fully saturated rings. The summed E-state index contributed by atoms with van der Waals surface area (Å²) in [4.78, 5) is 11.9. The molecule has 0 aliphatic rings. The van der Waals surface area contributed by atoms with Crippen LogP contribution in [-0.2, 0) is 11.2 Å². The van der Waals surface area contributed by atoms with Crippen LogP contribution in [0.5, 0.6) is 0 Å². The fraction of sp³-hybridized carbons (Fsp3) is 0.133. The third-order valence-corrected chi connectivity index (χ3v) is 3.16. The quantitative estimate of drug-likeness (QED) is 0.843. The zero-order chi connectivity index (χ0) is 13.8. The molecule has 0 aliphatic carbocycles. The van der Waals surface area contributed by atoms with Crippen molar-refractivity contribution >= 4 is 28.9 Å². The van der Waals surface area contributed by atoms with Crippen LogP contribution >= 0.6 is 11.6 Å². The van der Waals surface area contributed by atoms with Crippen LogP contribution in [0.25, 0.3) is 0 Å². The highest BCUT2D eigenvalue weighted by atomic mass is 35.5. The molecule has 4 heteroatoms. The van der Waals surface area contributed by atoms with Gasteiger partial charge in [-0.05, 0) is 36.2 Å². The van der Waals surface area contributed by atoms with Crippen molar-refractivity contribution < 1.29 is 4.79 Å². The number of nitrogens with two attached hydrogens (primary N) is 1. The summed E-state index contributed by atoms with van der Waals surface area (Å²) in [6, 6.07) is 12.8. The molecule has 1 amide bonds. The second-order valence-electron chi connectivity index (χ2n) is 4.41. The van der Waals surface area contributed by atoms with Crippen LogP contribution in [0.15, 0.2) is 42.5 Å². The lowest BCUT2D eigenvalue weighted by Crippen LogP contribution is -2.15. The monoisotopic (exact) mass is 274 g/mol. The molecule has 2 rings (SSSR count). The first kappa shape index (κ1) is 13.4. The predicted molar refractivity (Wildman–Crippen MR) is 79.4 cm³/mol. The summed E-state index contributed by atoms with van der Waals surface area (Å²) >= 11 is 6.02. The average molecular weight is 275 g/mol. The van der Waals surface area contributed by atoms with Crippen molar-refractivity contribution in [3.8, 4) is 0 Å². The van der Waals surface area contributed by atoms with E-state index >= 15 is 0 Å². The summed E-state index contributed by atoms with van der Waals surface area (Å²) < 4.78 is 0. The third kappa shape index (κ3) is 3.48. The standard InChI is InChI=1S/C15H15ClN2O/c1-10-6-7-14(13(17)8-10)18-15(19)9-11-4-2-3-5-12(11)16/h2-8H,9,17H2,1H3,(H,18,19). The number of carbonyl (C=O) groups is 1. The summed E-state index contributed by atoms with van der Waals surface area (Å²) in [6.07, 6.45) is 0.229. The van der Waals surface area contributed by atoms with Crippen LogP contribution in [0.3, 0.4) is 0 Å². The molecule has 0 unspecified atom stereocenters. The van der Waals surface area contributed by atoms with E-state index in [4.69, 9.17) is 17.3 Å². The number of aryl methyl sites for hydroxylation is 1. The maximum absolute atomic E-state index is 11.9. The number of nitrogens with one attached hydrogen (secondary N) is 1. The largest absolute Gasteiger partial charge is 0.397 e. The van der Waals surface area contributed by atoms with E-state index < -0.39 is 0 Å². The number of amides is 1. The van der Waals surface area contributed by atoms with E-state index in [2.05, 4.69) is 5.32 Å². The maximum Gasteiger partial charge on any atom is 0.228 e. The molecule has 0 heterocycles. The first-order chi connectivity index (χ1) is 9.06. The highest BCUT2D eigenvalue weighted by Crippen LogP contribution is 2.20. The van der Waals surface area contributed by atoms with Crippen LogP contribution in [0.2, 0.25) is 5.02 Å². The topological polar surface area (TPSA) is 55.1 Å². The van der Waals surface area contributed by atoms with Crippen molar-refractivity contribution in [2.24, 2.45) is 0 Å². The van der Waals surface area contributed by atoms with E-state index in [-0.39, 0.29) is 12.3 Å². The van der Waals surface area contributed by atoms with Crippen molar-refractivity contribution in [2.75, 3.05) is 11.1 Å². The Morgan fingerprint density at radius 3 is 2.68 bits per heavy atom. The molecule has 0 saturated carbocycles. The summed E-state index contributed by atoms with van der Waals surface area (Å²) in [5, 5.41) is 3.38. The van der Waals surface area contributed by atoms with Gasteiger partial charge in [-0.2, -0.15) is 0 Å². The lowest BCUT2D eigenvalue weighted by atomic mass is 10.1. The van der Waals surface area contributed by atoms with E-state index in [0.717, 1.165) is 11.1 Å². The Kier molecular flexibility index (Phi) is 4.07. The molecule has 2 aromatic rings. The fourth-order valence-electron chi connectivity index (χ4n) is 1.81. The molecule has 0 bridgehead atoms. The average Bonchev–Trinajstić information content (AvgIpc) is 2.36. The second kappa shape index (κ2) is 5.76. The first-order valence-electron chi connectivity index (χ1n) is 5.95. The van der Waals surface area contributed by atoms with Crippen LogP contribution in [0.1, 0.15) is 11.1 Å². The Labute approximate surface area is 117 Å². The molecule has 0 saturated heterocycles. The number of benzene rings is 2. The molecule has 0 atom stereocenters. The number of carbonyl (C=O) groups excluding carboxylic acids is 1. The fourth-order valence-corrected chi connectivity index (χ4v) is 2.01. The predicted octanol–water partition coefficient (Wildman–Crippen LogP) is 3.41. The van der Waals surface area contributed by atoms with Gasteiger partial charge in [0, 0.05) is 5.02 Å². The molecule has 0 aromatic heterocycles. The minimum atomic E-state index is -0.136. The first-order valence-corrected chi connectivity index (χ1v) is 6.33. The zero-order valence-corrected chi connectivity index (χ0v) is 11.4. The van der Waals surface area contributed by atoms with E-state index in [9.17, 15) is 4.79 Å². The Morgan fingerprint density at radius 1 is 1.26 bits per heavy atom. The Morgan fingerprint density at radius 2 is 2.00 bits per heavy atom. The summed E-state index contributed by atoms with van der Waals surface area (Å²) in [5.74, 6) is -0.136. The molecule has 0 spiro atoms. The van der Waals surface area contributed by atoms with Gasteiger partial charge < -0.3 is 11.1 Å². The van der Waals surface area contributed by atoms with Gasteiger partial charge >= 0.3 is 0 Å². The van der Waals surface area contributed by atoms with Crippen LogP contribution < -0.4 is 11.1 Å². The molecule has 19 heavy (non-hydrogen) atoms. The van der Waals surface area contributed by atoms with Crippen molar-refractivity contribution in [1.82, 2.24) is 0 Å². The van der Waals surface area contributed by atoms with E-state index in [1.165, 1.54) is 0 Å². The number of hydrogen-bond donors (Lipinski definition) is 2. The van der Waals surface area contributed by atoms with Crippen molar-refractivity contribution in [1.29, 1.82) is 0 Å². The molecular formula is C15H15ClN2O. The zero-order valence-electron chi connectivity index (χ0n) is 10.6.